The third-order valence-corrected chi connectivity index (χ3v) is 5.16. The number of aryl methyl sites for hydroxylation is 2. The van der Waals surface area contributed by atoms with E-state index in [1.54, 1.807) is 18.0 Å². The first-order valence-corrected chi connectivity index (χ1v) is 8.62. The smallest absolute Gasteiger partial charge is 0.271 e. The monoisotopic (exact) mass is 363 g/mol. The maximum atomic E-state index is 12.6. The van der Waals surface area contributed by atoms with Crippen LogP contribution in [0.25, 0.3) is 11.3 Å². The van der Waals surface area contributed by atoms with E-state index >= 15 is 0 Å². The van der Waals surface area contributed by atoms with Crippen molar-refractivity contribution in [2.45, 2.75) is 20.4 Å². The number of halogens is 1. The SMILES string of the molecule is Cc1nn(C)c(C)c1-c1cc(C(=O)N(C)Cc2ccc(Cl)s2)[nH]n1. The van der Waals surface area contributed by atoms with Gasteiger partial charge < -0.3 is 4.90 Å². The number of aromatic nitrogens is 4. The van der Waals surface area contributed by atoms with Gasteiger partial charge >= 0.3 is 0 Å². The van der Waals surface area contributed by atoms with Gasteiger partial charge in [0.25, 0.3) is 5.91 Å². The van der Waals surface area contributed by atoms with E-state index in [-0.39, 0.29) is 5.91 Å². The van der Waals surface area contributed by atoms with E-state index in [9.17, 15) is 4.79 Å². The molecule has 24 heavy (non-hydrogen) atoms. The minimum absolute atomic E-state index is 0.113. The van der Waals surface area contributed by atoms with Crippen LogP contribution in [0.15, 0.2) is 18.2 Å². The van der Waals surface area contributed by atoms with Crippen LogP contribution in [0, 0.1) is 13.8 Å². The highest BCUT2D eigenvalue weighted by Crippen LogP contribution is 2.26. The number of aromatic amines is 1. The van der Waals surface area contributed by atoms with Crippen LogP contribution in [0.3, 0.4) is 0 Å². The van der Waals surface area contributed by atoms with Crippen LogP contribution in [-0.4, -0.2) is 37.8 Å². The normalized spacial score (nSPS) is 11.0. The lowest BCUT2D eigenvalue weighted by molar-refractivity contribution is 0.0780. The Kier molecular flexibility index (Phi) is 4.47. The molecule has 1 amide bonds. The van der Waals surface area contributed by atoms with Crippen molar-refractivity contribution in [3.63, 3.8) is 0 Å². The molecule has 126 valence electrons. The van der Waals surface area contributed by atoms with Gasteiger partial charge in [-0.25, -0.2) is 0 Å². The molecule has 0 aliphatic rings. The van der Waals surface area contributed by atoms with E-state index in [0.29, 0.717) is 12.2 Å². The summed E-state index contributed by atoms with van der Waals surface area (Å²) < 4.78 is 2.53. The van der Waals surface area contributed by atoms with E-state index in [4.69, 9.17) is 11.6 Å². The lowest BCUT2D eigenvalue weighted by atomic mass is 10.1. The molecule has 0 saturated carbocycles. The number of nitrogens with zero attached hydrogens (tertiary/aromatic N) is 4. The first kappa shape index (κ1) is 16.7. The highest BCUT2D eigenvalue weighted by atomic mass is 35.5. The third-order valence-electron chi connectivity index (χ3n) is 3.94. The highest BCUT2D eigenvalue weighted by molar-refractivity contribution is 7.16. The fourth-order valence-corrected chi connectivity index (χ4v) is 3.79. The zero-order valence-corrected chi connectivity index (χ0v) is 15.5. The fraction of sp³-hybridized carbons (Fsp3) is 0.312. The number of carbonyl (C=O) groups excluding carboxylic acids is 1. The van der Waals surface area contributed by atoms with Crippen LogP contribution in [0.2, 0.25) is 4.34 Å². The summed E-state index contributed by atoms with van der Waals surface area (Å²) in [5.41, 5.74) is 4.05. The van der Waals surface area contributed by atoms with Crippen LogP contribution in [-0.2, 0) is 13.6 Å². The number of hydrogen-bond donors (Lipinski definition) is 1. The Morgan fingerprint density at radius 1 is 1.42 bits per heavy atom. The molecule has 0 bridgehead atoms. The van der Waals surface area contributed by atoms with Crippen molar-refractivity contribution < 1.29 is 4.79 Å². The van der Waals surface area contributed by atoms with Crippen LogP contribution in [0.4, 0.5) is 0 Å². The fourth-order valence-electron chi connectivity index (χ4n) is 2.65. The Bertz CT molecular complexity index is 894. The van der Waals surface area contributed by atoms with E-state index < -0.39 is 0 Å². The van der Waals surface area contributed by atoms with Crippen LogP contribution in [0.5, 0.6) is 0 Å². The van der Waals surface area contributed by atoms with Gasteiger partial charge in [0, 0.05) is 30.2 Å². The van der Waals surface area contributed by atoms with E-state index in [0.717, 1.165) is 31.9 Å². The van der Waals surface area contributed by atoms with Gasteiger partial charge in [-0.2, -0.15) is 10.2 Å². The molecule has 3 aromatic heterocycles. The number of hydrogen-bond acceptors (Lipinski definition) is 4. The van der Waals surface area contributed by atoms with Gasteiger partial charge in [-0.1, -0.05) is 11.6 Å². The van der Waals surface area contributed by atoms with Gasteiger partial charge in [0.05, 0.1) is 22.3 Å². The topological polar surface area (TPSA) is 66.8 Å². The van der Waals surface area contributed by atoms with Crippen LogP contribution < -0.4 is 0 Å². The lowest BCUT2D eigenvalue weighted by Crippen LogP contribution is -2.26. The molecule has 3 aromatic rings. The van der Waals surface area contributed by atoms with Gasteiger partial charge in [-0.3, -0.25) is 14.6 Å². The predicted octanol–water partition coefficient (Wildman–Crippen LogP) is 3.41. The van der Waals surface area contributed by atoms with Crippen molar-refractivity contribution in [1.29, 1.82) is 0 Å². The Labute approximate surface area is 149 Å². The summed E-state index contributed by atoms with van der Waals surface area (Å²) in [5.74, 6) is -0.113. The molecule has 0 atom stereocenters. The Morgan fingerprint density at radius 3 is 2.75 bits per heavy atom. The first-order valence-electron chi connectivity index (χ1n) is 7.42. The first-order chi connectivity index (χ1) is 11.4. The van der Waals surface area contributed by atoms with Crippen LogP contribution in [0.1, 0.15) is 26.8 Å². The summed E-state index contributed by atoms with van der Waals surface area (Å²) in [6.07, 6.45) is 0. The molecule has 0 spiro atoms. The average molecular weight is 364 g/mol. The minimum atomic E-state index is -0.113. The number of H-pyrrole nitrogens is 1. The summed E-state index contributed by atoms with van der Waals surface area (Å²) in [6.45, 7) is 4.43. The lowest BCUT2D eigenvalue weighted by Gasteiger charge is -2.14. The molecular formula is C16H18ClN5OS. The van der Waals surface area contributed by atoms with E-state index in [2.05, 4.69) is 15.3 Å². The van der Waals surface area contributed by atoms with Crippen molar-refractivity contribution in [3.05, 3.63) is 44.5 Å². The van der Waals surface area contributed by atoms with Gasteiger partial charge in [0.1, 0.15) is 5.69 Å². The second-order valence-corrected chi connectivity index (χ2v) is 7.50. The van der Waals surface area contributed by atoms with Crippen molar-refractivity contribution in [2.24, 2.45) is 7.05 Å². The standard InChI is InChI=1S/C16H18ClN5OS/c1-9-15(10(2)22(4)20-9)12-7-13(19-18-12)16(23)21(3)8-11-5-6-14(17)24-11/h5-7H,8H2,1-4H3,(H,18,19). The van der Waals surface area contributed by atoms with Crippen LogP contribution >= 0.6 is 22.9 Å². The molecule has 0 radical (unpaired) electrons. The molecule has 0 fully saturated rings. The Hall–Kier alpha value is -2.12. The summed E-state index contributed by atoms with van der Waals surface area (Å²) in [5, 5.41) is 11.5. The maximum absolute atomic E-state index is 12.6. The zero-order valence-electron chi connectivity index (χ0n) is 13.9. The third kappa shape index (κ3) is 3.09. The quantitative estimate of drug-likeness (QED) is 0.772. The average Bonchev–Trinajstić information content (AvgIpc) is 3.20. The molecule has 0 aromatic carbocycles. The number of nitrogens with one attached hydrogen (secondary N) is 1. The number of carbonyl (C=O) groups is 1. The van der Waals surface area contributed by atoms with Gasteiger partial charge in [0.15, 0.2) is 0 Å². The molecule has 6 nitrogen and oxygen atoms in total. The molecule has 8 heteroatoms. The Balaban J connectivity index is 1.80. The number of amides is 1. The van der Waals surface area contributed by atoms with E-state index in [1.165, 1.54) is 11.3 Å². The summed E-state index contributed by atoms with van der Waals surface area (Å²) in [7, 11) is 3.65. The van der Waals surface area contributed by atoms with Gasteiger partial charge in [-0.05, 0) is 32.0 Å². The molecular weight excluding hydrogens is 346 g/mol. The second-order valence-electron chi connectivity index (χ2n) is 5.70. The van der Waals surface area contributed by atoms with Gasteiger partial charge in [0.2, 0.25) is 0 Å². The minimum Gasteiger partial charge on any atom is -0.335 e. The predicted molar refractivity (Wildman–Crippen MR) is 95.4 cm³/mol. The second kappa shape index (κ2) is 6.41. The molecule has 0 saturated heterocycles. The van der Waals surface area contributed by atoms with Crippen molar-refractivity contribution in [2.75, 3.05) is 7.05 Å². The zero-order chi connectivity index (χ0) is 17.4. The van der Waals surface area contributed by atoms with Crippen molar-refractivity contribution >= 4 is 28.8 Å². The van der Waals surface area contributed by atoms with E-state index in [1.807, 2.05) is 37.7 Å². The number of rotatable bonds is 4. The molecule has 3 rings (SSSR count). The number of thiophene rings is 1. The molecule has 1 N–H and O–H groups in total. The van der Waals surface area contributed by atoms with Crippen molar-refractivity contribution in [3.8, 4) is 11.3 Å². The summed E-state index contributed by atoms with van der Waals surface area (Å²) >= 11 is 7.41. The van der Waals surface area contributed by atoms with Crippen molar-refractivity contribution in [1.82, 2.24) is 24.9 Å². The van der Waals surface area contributed by atoms with Gasteiger partial charge in [-0.15, -0.1) is 11.3 Å². The molecule has 3 heterocycles. The molecule has 0 aliphatic carbocycles. The highest BCUT2D eigenvalue weighted by Gasteiger charge is 2.19. The molecule has 0 unspecified atom stereocenters. The summed E-state index contributed by atoms with van der Waals surface area (Å²) in [6, 6.07) is 5.54. The molecule has 0 aliphatic heterocycles. The largest absolute Gasteiger partial charge is 0.335 e. The summed E-state index contributed by atoms with van der Waals surface area (Å²) in [4.78, 5) is 15.3. The maximum Gasteiger partial charge on any atom is 0.271 e. The Morgan fingerprint density at radius 2 is 2.17 bits per heavy atom.